The molecule has 17 heavy (non-hydrogen) atoms. The largest absolute Gasteiger partial charge is 0.342 e. The topological polar surface area (TPSA) is 46.3 Å². The fourth-order valence-electron chi connectivity index (χ4n) is 1.84. The molecule has 0 aliphatic carbocycles. The van der Waals surface area contributed by atoms with Crippen LogP contribution < -0.4 is 5.73 Å². The molecule has 0 bridgehead atoms. The summed E-state index contributed by atoms with van der Waals surface area (Å²) >= 11 is 0. The van der Waals surface area contributed by atoms with Crippen LogP contribution >= 0.6 is 0 Å². The van der Waals surface area contributed by atoms with Gasteiger partial charge in [0.25, 0.3) is 5.91 Å². The van der Waals surface area contributed by atoms with Crippen LogP contribution in [0.25, 0.3) is 0 Å². The predicted octanol–water partition coefficient (Wildman–Crippen LogP) is 2.11. The first-order valence-electron chi connectivity index (χ1n) is 6.00. The smallest absolute Gasteiger partial charge is 0.254 e. The van der Waals surface area contributed by atoms with Gasteiger partial charge in [-0.25, -0.2) is 0 Å². The highest BCUT2D eigenvalue weighted by Crippen LogP contribution is 2.15. The molecule has 0 radical (unpaired) electrons. The van der Waals surface area contributed by atoms with Crippen molar-refractivity contribution in [3.8, 4) is 0 Å². The standard InChI is InChI=1S/C14H22N2O/c1-10-6-5-7-11(2)13(10)14(17)16(4)9-8-12(3)15/h5-7,12H,8-9,15H2,1-4H3. The van der Waals surface area contributed by atoms with Gasteiger partial charge in [0.2, 0.25) is 0 Å². The van der Waals surface area contributed by atoms with Gasteiger partial charge in [0.1, 0.15) is 0 Å². The van der Waals surface area contributed by atoms with Crippen molar-refractivity contribution in [3.05, 3.63) is 34.9 Å². The summed E-state index contributed by atoms with van der Waals surface area (Å²) in [5, 5.41) is 0. The van der Waals surface area contributed by atoms with Crippen LogP contribution in [0, 0.1) is 13.8 Å². The van der Waals surface area contributed by atoms with Crippen LogP contribution in [0.2, 0.25) is 0 Å². The molecule has 0 saturated carbocycles. The van der Waals surface area contributed by atoms with Crippen LogP contribution in [-0.4, -0.2) is 30.4 Å². The lowest BCUT2D eigenvalue weighted by molar-refractivity contribution is 0.0790. The Hall–Kier alpha value is -1.35. The molecule has 3 nitrogen and oxygen atoms in total. The van der Waals surface area contributed by atoms with Gasteiger partial charge in [-0.3, -0.25) is 4.79 Å². The minimum absolute atomic E-state index is 0.0845. The maximum atomic E-state index is 12.3. The van der Waals surface area contributed by atoms with Crippen molar-refractivity contribution >= 4 is 5.91 Å². The SMILES string of the molecule is Cc1cccc(C)c1C(=O)N(C)CCC(C)N. The van der Waals surface area contributed by atoms with Gasteiger partial charge < -0.3 is 10.6 Å². The summed E-state index contributed by atoms with van der Waals surface area (Å²) in [6, 6.07) is 6.05. The Morgan fingerprint density at radius 1 is 1.35 bits per heavy atom. The fourth-order valence-corrected chi connectivity index (χ4v) is 1.84. The quantitative estimate of drug-likeness (QED) is 0.867. The number of benzene rings is 1. The van der Waals surface area contributed by atoms with Gasteiger partial charge in [-0.1, -0.05) is 18.2 Å². The molecule has 1 amide bonds. The van der Waals surface area contributed by atoms with E-state index in [1.165, 1.54) is 0 Å². The van der Waals surface area contributed by atoms with E-state index in [9.17, 15) is 4.79 Å². The monoisotopic (exact) mass is 234 g/mol. The van der Waals surface area contributed by atoms with Crippen LogP contribution in [0.4, 0.5) is 0 Å². The number of carbonyl (C=O) groups excluding carboxylic acids is 1. The molecule has 0 fully saturated rings. The minimum Gasteiger partial charge on any atom is -0.342 e. The average molecular weight is 234 g/mol. The van der Waals surface area contributed by atoms with E-state index in [-0.39, 0.29) is 11.9 Å². The number of amides is 1. The summed E-state index contributed by atoms with van der Waals surface area (Å²) in [6.07, 6.45) is 0.827. The zero-order valence-electron chi connectivity index (χ0n) is 11.2. The third kappa shape index (κ3) is 3.56. The van der Waals surface area contributed by atoms with Gasteiger partial charge in [0.05, 0.1) is 0 Å². The molecule has 1 unspecified atom stereocenters. The molecule has 0 aliphatic heterocycles. The molecule has 94 valence electrons. The number of nitrogens with two attached hydrogens (primary N) is 1. The lowest BCUT2D eigenvalue weighted by atomic mass is 10.0. The summed E-state index contributed by atoms with van der Waals surface area (Å²) in [6.45, 7) is 6.60. The average Bonchev–Trinajstić information content (AvgIpc) is 2.25. The first-order valence-corrected chi connectivity index (χ1v) is 6.00. The second-order valence-electron chi connectivity index (χ2n) is 4.76. The van der Waals surface area contributed by atoms with Crippen molar-refractivity contribution in [1.82, 2.24) is 4.90 Å². The zero-order valence-corrected chi connectivity index (χ0v) is 11.2. The fraction of sp³-hybridized carbons (Fsp3) is 0.500. The first-order chi connectivity index (χ1) is 7.93. The number of carbonyl (C=O) groups is 1. The van der Waals surface area contributed by atoms with Gasteiger partial charge in [0.15, 0.2) is 0 Å². The molecule has 1 aromatic carbocycles. The van der Waals surface area contributed by atoms with Gasteiger partial charge in [-0.2, -0.15) is 0 Å². The second kappa shape index (κ2) is 5.82. The van der Waals surface area contributed by atoms with Crippen LogP contribution in [0.15, 0.2) is 18.2 Å². The number of rotatable bonds is 4. The van der Waals surface area contributed by atoms with E-state index in [0.29, 0.717) is 6.54 Å². The first kappa shape index (κ1) is 13.7. The number of hydrogen-bond acceptors (Lipinski definition) is 2. The van der Waals surface area contributed by atoms with Gasteiger partial charge in [-0.05, 0) is 38.3 Å². The Bertz CT molecular complexity index is 379. The summed E-state index contributed by atoms with van der Waals surface area (Å²) in [5.74, 6) is 0.0845. The lowest BCUT2D eigenvalue weighted by Gasteiger charge is -2.20. The normalized spacial score (nSPS) is 12.3. The highest BCUT2D eigenvalue weighted by Gasteiger charge is 2.16. The highest BCUT2D eigenvalue weighted by atomic mass is 16.2. The highest BCUT2D eigenvalue weighted by molar-refractivity contribution is 5.96. The molecule has 0 aromatic heterocycles. The number of aryl methyl sites for hydroxylation is 2. The minimum atomic E-state index is 0.0845. The summed E-state index contributed by atoms with van der Waals surface area (Å²) in [7, 11) is 1.83. The molecule has 1 atom stereocenters. The lowest BCUT2D eigenvalue weighted by Crippen LogP contribution is -2.32. The maximum Gasteiger partial charge on any atom is 0.254 e. The van der Waals surface area contributed by atoms with Crippen molar-refractivity contribution in [2.75, 3.05) is 13.6 Å². The van der Waals surface area contributed by atoms with Crippen LogP contribution in [0.3, 0.4) is 0 Å². The molecule has 0 spiro atoms. The van der Waals surface area contributed by atoms with Gasteiger partial charge in [-0.15, -0.1) is 0 Å². The molecule has 0 heterocycles. The molecule has 2 N–H and O–H groups in total. The second-order valence-corrected chi connectivity index (χ2v) is 4.76. The van der Waals surface area contributed by atoms with Gasteiger partial charge >= 0.3 is 0 Å². The molecule has 3 heteroatoms. The summed E-state index contributed by atoms with van der Waals surface area (Å²) < 4.78 is 0. The Balaban J connectivity index is 2.82. The molecular weight excluding hydrogens is 212 g/mol. The number of hydrogen-bond donors (Lipinski definition) is 1. The van der Waals surface area contributed by atoms with E-state index in [2.05, 4.69) is 0 Å². The number of nitrogens with zero attached hydrogens (tertiary/aromatic N) is 1. The van der Waals surface area contributed by atoms with Crippen LogP contribution in [0.5, 0.6) is 0 Å². The molecule has 0 aliphatic rings. The Morgan fingerprint density at radius 3 is 2.35 bits per heavy atom. The van der Waals surface area contributed by atoms with Crippen molar-refractivity contribution in [1.29, 1.82) is 0 Å². The van der Waals surface area contributed by atoms with Crippen molar-refractivity contribution in [3.63, 3.8) is 0 Å². The Morgan fingerprint density at radius 2 is 1.88 bits per heavy atom. The van der Waals surface area contributed by atoms with Crippen LogP contribution in [0.1, 0.15) is 34.8 Å². The molecule has 1 rings (SSSR count). The van der Waals surface area contributed by atoms with E-state index < -0.39 is 0 Å². The molecular formula is C14H22N2O. The Labute approximate surface area is 104 Å². The predicted molar refractivity (Wildman–Crippen MR) is 71.1 cm³/mol. The van der Waals surface area contributed by atoms with E-state index in [1.54, 1.807) is 4.90 Å². The van der Waals surface area contributed by atoms with Gasteiger partial charge in [0, 0.05) is 25.2 Å². The molecule has 0 saturated heterocycles. The summed E-state index contributed by atoms with van der Waals surface area (Å²) in [4.78, 5) is 14.0. The van der Waals surface area contributed by atoms with E-state index >= 15 is 0 Å². The van der Waals surface area contributed by atoms with E-state index in [4.69, 9.17) is 5.73 Å². The Kier molecular flexibility index (Phi) is 4.70. The van der Waals surface area contributed by atoms with Crippen molar-refractivity contribution in [2.24, 2.45) is 5.73 Å². The third-order valence-corrected chi connectivity index (χ3v) is 2.96. The van der Waals surface area contributed by atoms with Crippen molar-refractivity contribution < 1.29 is 4.79 Å². The van der Waals surface area contributed by atoms with Crippen molar-refractivity contribution in [2.45, 2.75) is 33.2 Å². The van der Waals surface area contributed by atoms with E-state index in [0.717, 1.165) is 23.1 Å². The third-order valence-electron chi connectivity index (χ3n) is 2.96. The van der Waals surface area contributed by atoms with E-state index in [1.807, 2.05) is 46.0 Å². The summed E-state index contributed by atoms with van der Waals surface area (Å²) in [5.41, 5.74) is 8.58. The maximum absolute atomic E-state index is 12.3. The van der Waals surface area contributed by atoms with Crippen LogP contribution in [-0.2, 0) is 0 Å². The zero-order chi connectivity index (χ0) is 13.0. The molecule has 1 aromatic rings.